The van der Waals surface area contributed by atoms with Crippen molar-refractivity contribution in [3.63, 3.8) is 0 Å². The van der Waals surface area contributed by atoms with Crippen LogP contribution in [0.4, 0.5) is 0 Å². The summed E-state index contributed by atoms with van der Waals surface area (Å²) in [4.78, 5) is 16.1. The summed E-state index contributed by atoms with van der Waals surface area (Å²) < 4.78 is 1.00. The molecule has 4 nitrogen and oxygen atoms in total. The molecule has 0 radical (unpaired) electrons. The molecule has 5 rings (SSSR count). The van der Waals surface area contributed by atoms with Gasteiger partial charge in [0.1, 0.15) is 0 Å². The van der Waals surface area contributed by atoms with Crippen molar-refractivity contribution in [3.8, 4) is 0 Å². The Balaban J connectivity index is 1.87. The van der Waals surface area contributed by atoms with Gasteiger partial charge in [0.15, 0.2) is 0 Å². The molecule has 5 heterocycles. The monoisotopic (exact) mass is 364 g/mol. The molecule has 2 aliphatic heterocycles. The molecule has 2 aliphatic rings. The molecule has 0 saturated heterocycles. The Morgan fingerprint density at radius 3 is 1.72 bits per heavy atom. The summed E-state index contributed by atoms with van der Waals surface area (Å²) >= 11 is 3.61. The van der Waals surface area contributed by atoms with Gasteiger partial charge in [-0.1, -0.05) is 0 Å². The minimum absolute atomic E-state index is 0.916. The van der Waals surface area contributed by atoms with Crippen LogP contribution in [0.25, 0.3) is 46.4 Å². The Morgan fingerprint density at radius 1 is 0.600 bits per heavy atom. The average Bonchev–Trinajstić information content (AvgIpc) is 3.33. The van der Waals surface area contributed by atoms with E-state index in [0.717, 1.165) is 49.3 Å². The fraction of sp³-hybridized carbons (Fsp3) is 0. The standard InChI is InChI=1S/C20H13N4.Mn/c1-2-14-10-16-5-6-18(23-16)12-20-8-7-19(24-20)11-17-4-3-15(22-17)9-13(1)21-14;/h1-7,9-12,21,24H;. The van der Waals surface area contributed by atoms with Crippen molar-refractivity contribution in [1.29, 1.82) is 0 Å². The van der Waals surface area contributed by atoms with Crippen molar-refractivity contribution in [3.05, 3.63) is 65.2 Å². The second kappa shape index (κ2) is 5.59. The van der Waals surface area contributed by atoms with E-state index in [2.05, 4.69) is 42.0 Å². The fourth-order valence-electron chi connectivity index (χ4n) is 2.98. The fourth-order valence-corrected chi connectivity index (χ4v) is 3.32. The van der Waals surface area contributed by atoms with Crippen molar-refractivity contribution in [1.82, 2.24) is 19.9 Å². The molecule has 120 valence electrons. The predicted octanol–water partition coefficient (Wildman–Crippen LogP) is 3.83. The summed E-state index contributed by atoms with van der Waals surface area (Å²) in [6, 6.07) is 14.3. The number of hydrogen-bond donors (Lipinski definition) is 2. The second-order valence-electron chi connectivity index (χ2n) is 6.02. The number of H-pyrrole nitrogens is 2. The van der Waals surface area contributed by atoms with E-state index in [4.69, 9.17) is 0 Å². The number of rotatable bonds is 0. The van der Waals surface area contributed by atoms with E-state index in [1.165, 1.54) is 0 Å². The molecular weight excluding hydrogens is 351 g/mol. The zero-order valence-corrected chi connectivity index (χ0v) is 14.3. The molecule has 0 aromatic carbocycles. The van der Waals surface area contributed by atoms with Gasteiger partial charge in [-0.3, -0.25) is 0 Å². The van der Waals surface area contributed by atoms with Crippen LogP contribution in [0.3, 0.4) is 0 Å². The quantitative estimate of drug-likeness (QED) is 0.411. The van der Waals surface area contributed by atoms with Gasteiger partial charge in [0, 0.05) is 0 Å². The van der Waals surface area contributed by atoms with Crippen molar-refractivity contribution < 1.29 is 16.0 Å². The molecule has 0 aliphatic carbocycles. The van der Waals surface area contributed by atoms with Crippen molar-refractivity contribution >= 4 is 50.8 Å². The van der Waals surface area contributed by atoms with E-state index in [1.54, 1.807) is 0 Å². The third-order valence-corrected chi connectivity index (χ3v) is 4.61. The molecule has 0 amide bonds. The van der Waals surface area contributed by atoms with Gasteiger partial charge in [0.25, 0.3) is 0 Å². The summed E-state index contributed by atoms with van der Waals surface area (Å²) in [6.07, 6.45) is 8.07. The van der Waals surface area contributed by atoms with Gasteiger partial charge in [0.2, 0.25) is 0 Å². The Bertz CT molecular complexity index is 1210. The number of nitrogens with one attached hydrogen (secondary N) is 2. The number of aromatic amines is 2. The summed E-state index contributed by atoms with van der Waals surface area (Å²) in [7, 11) is 0. The van der Waals surface area contributed by atoms with Crippen LogP contribution in [0.2, 0.25) is 0 Å². The molecule has 3 aromatic heterocycles. The van der Waals surface area contributed by atoms with Gasteiger partial charge >= 0.3 is 152 Å². The predicted molar refractivity (Wildman–Crippen MR) is 98.5 cm³/mol. The maximum absolute atomic E-state index is 4.65. The van der Waals surface area contributed by atoms with Gasteiger partial charge in [-0.25, -0.2) is 0 Å². The normalized spacial score (nSPS) is 12.7. The van der Waals surface area contributed by atoms with E-state index in [1.807, 2.05) is 60.7 Å². The third-order valence-electron chi connectivity index (χ3n) is 4.12. The SMILES string of the molecule is [Mn][c]1cc2cc3nc(cc4ccc(cc5nc(cc1[nH]2)C=C5)[nH]4)C=C3. The molecule has 0 unspecified atom stereocenters. The third kappa shape index (κ3) is 2.84. The van der Waals surface area contributed by atoms with Gasteiger partial charge in [-0.05, 0) is 0 Å². The topological polar surface area (TPSA) is 57.4 Å². The van der Waals surface area contributed by atoms with E-state index in [0.29, 0.717) is 0 Å². The van der Waals surface area contributed by atoms with Crippen LogP contribution in [0.5, 0.6) is 0 Å². The van der Waals surface area contributed by atoms with E-state index in [9.17, 15) is 0 Å². The maximum atomic E-state index is 4.65. The van der Waals surface area contributed by atoms with Crippen LogP contribution < -0.4 is 4.46 Å². The average molecular weight is 364 g/mol. The van der Waals surface area contributed by atoms with Crippen molar-refractivity contribution in [2.24, 2.45) is 0 Å². The van der Waals surface area contributed by atoms with Crippen LogP contribution in [-0.4, -0.2) is 19.9 Å². The zero-order chi connectivity index (χ0) is 16.8. The van der Waals surface area contributed by atoms with Crippen LogP contribution in [0.15, 0.2) is 42.5 Å². The minimum atomic E-state index is 0.916. The first kappa shape index (κ1) is 14.5. The molecule has 5 heteroatoms. The van der Waals surface area contributed by atoms with Crippen LogP contribution in [0, 0.1) is 0 Å². The first-order valence-electron chi connectivity index (χ1n) is 7.95. The summed E-state index contributed by atoms with van der Waals surface area (Å²) in [5, 5.41) is 0. The summed E-state index contributed by atoms with van der Waals surface area (Å²) in [5.41, 5.74) is 7.72. The van der Waals surface area contributed by atoms with Crippen LogP contribution in [0.1, 0.15) is 22.8 Å². The Hall–Kier alpha value is -2.88. The molecule has 8 bridgehead atoms. The first-order valence-corrected chi connectivity index (χ1v) is 8.54. The van der Waals surface area contributed by atoms with Crippen LogP contribution in [-0.2, 0) is 16.0 Å². The molecule has 3 aromatic rings. The molecule has 0 saturated carbocycles. The van der Waals surface area contributed by atoms with Crippen LogP contribution >= 0.6 is 0 Å². The Labute approximate surface area is 152 Å². The molecule has 2 N–H and O–H groups in total. The van der Waals surface area contributed by atoms with E-state index < -0.39 is 0 Å². The van der Waals surface area contributed by atoms with E-state index in [-0.39, 0.29) is 0 Å². The van der Waals surface area contributed by atoms with Gasteiger partial charge < -0.3 is 0 Å². The summed E-state index contributed by atoms with van der Waals surface area (Å²) in [6.45, 7) is 0. The molecular formula is C20H13MnN4. The summed E-state index contributed by atoms with van der Waals surface area (Å²) in [5.74, 6) is 0. The van der Waals surface area contributed by atoms with Crippen molar-refractivity contribution in [2.75, 3.05) is 0 Å². The number of nitrogens with zero attached hydrogens (tertiary/aromatic N) is 2. The van der Waals surface area contributed by atoms with Crippen molar-refractivity contribution in [2.45, 2.75) is 0 Å². The second-order valence-corrected chi connectivity index (χ2v) is 6.66. The molecule has 25 heavy (non-hydrogen) atoms. The van der Waals surface area contributed by atoms with E-state index >= 15 is 0 Å². The number of aromatic nitrogens is 4. The number of hydrogen-bond acceptors (Lipinski definition) is 2. The van der Waals surface area contributed by atoms with Gasteiger partial charge in [-0.15, -0.1) is 0 Å². The Kier molecular flexibility index (Phi) is 3.23. The first-order chi connectivity index (χ1) is 12.2. The Morgan fingerprint density at radius 2 is 1.12 bits per heavy atom. The molecule has 0 fully saturated rings. The molecule has 0 spiro atoms. The molecule has 0 atom stereocenters. The zero-order valence-electron chi connectivity index (χ0n) is 13.1. The van der Waals surface area contributed by atoms with Gasteiger partial charge in [0.05, 0.1) is 0 Å². The van der Waals surface area contributed by atoms with Gasteiger partial charge in [-0.2, -0.15) is 0 Å². The number of fused-ring (bicyclic) bond motifs is 8.